The number of rotatable bonds is 6. The molecular weight excluding hydrogens is 223 g/mol. The van der Waals surface area contributed by atoms with Gasteiger partial charge in [-0.1, -0.05) is 6.58 Å². The van der Waals surface area contributed by atoms with Crippen molar-refractivity contribution in [2.75, 3.05) is 7.11 Å². The van der Waals surface area contributed by atoms with E-state index in [1.807, 2.05) is 0 Å². The minimum absolute atomic E-state index is 0. The van der Waals surface area contributed by atoms with Gasteiger partial charge in [-0.2, -0.15) is 0 Å². The van der Waals surface area contributed by atoms with Crippen molar-refractivity contribution >= 4 is 17.9 Å². The number of methoxy groups -OCH3 is 1. The average Bonchev–Trinajstić information content (AvgIpc) is 2.23. The van der Waals surface area contributed by atoms with E-state index in [4.69, 9.17) is 0 Å². The monoisotopic (exact) mass is 238 g/mol. The fourth-order valence-electron chi connectivity index (χ4n) is 0.846. The maximum absolute atomic E-state index is 10.9. The predicted molar refractivity (Wildman–Crippen MR) is 52.9 cm³/mol. The molecule has 0 saturated heterocycles. The Kier molecular flexibility index (Phi) is 12.0. The molecule has 0 aliphatic carbocycles. The number of unbranched alkanes of at least 4 members (excludes halogenated alkanes) is 1. The number of esters is 3. The van der Waals surface area contributed by atoms with Crippen LogP contribution in [0.25, 0.3) is 0 Å². The molecule has 0 amide bonds. The van der Waals surface area contributed by atoms with Gasteiger partial charge in [0.25, 0.3) is 0 Å². The Bertz CT molecular complexity index is 267. The second-order valence-corrected chi connectivity index (χ2v) is 2.78. The van der Waals surface area contributed by atoms with E-state index in [1.54, 1.807) is 0 Å². The zero-order valence-corrected chi connectivity index (χ0v) is 11.7. The van der Waals surface area contributed by atoms with E-state index in [2.05, 4.69) is 16.1 Å². The summed E-state index contributed by atoms with van der Waals surface area (Å²) in [5.41, 5.74) is 0. The van der Waals surface area contributed by atoms with Gasteiger partial charge in [-0.25, -0.2) is 4.79 Å². The third kappa shape index (κ3) is 9.89. The molecule has 0 aliphatic heterocycles. The minimum atomic E-state index is -0.757. The van der Waals surface area contributed by atoms with Crippen LogP contribution >= 0.6 is 0 Å². The van der Waals surface area contributed by atoms with Gasteiger partial charge in [0.2, 0.25) is 0 Å². The summed E-state index contributed by atoms with van der Waals surface area (Å²) >= 11 is 0. The van der Waals surface area contributed by atoms with Gasteiger partial charge in [0.1, 0.15) is 0 Å². The number of hydrogen-bond donors (Lipinski definition) is 0. The summed E-state index contributed by atoms with van der Waals surface area (Å²) in [6.07, 6.45) is 2.31. The van der Waals surface area contributed by atoms with Crippen molar-refractivity contribution in [2.24, 2.45) is 0 Å². The van der Waals surface area contributed by atoms with Gasteiger partial charge in [0.05, 0.1) is 7.11 Å². The Balaban J connectivity index is -0.000000980. The first-order valence-electron chi connectivity index (χ1n) is 4.54. The second-order valence-electron chi connectivity index (χ2n) is 2.78. The molecule has 0 N–H and O–H groups in total. The van der Waals surface area contributed by atoms with Crippen LogP contribution in [0, 0.1) is 0 Å². The van der Waals surface area contributed by atoms with Crippen molar-refractivity contribution < 1.29 is 54.8 Å². The third-order valence-electron chi connectivity index (χ3n) is 1.62. The summed E-state index contributed by atoms with van der Waals surface area (Å²) < 4.78 is 8.74. The molecule has 5 nitrogen and oxygen atoms in total. The second kappa shape index (κ2) is 10.9. The summed E-state index contributed by atoms with van der Waals surface area (Å²) in [4.78, 5) is 32.2. The Hall–Kier alpha value is -0.650. The van der Waals surface area contributed by atoms with Gasteiger partial charge in [0.15, 0.2) is 0 Å². The summed E-state index contributed by atoms with van der Waals surface area (Å²) in [7, 11) is 1.30. The largest absolute Gasteiger partial charge is 1.00 e. The van der Waals surface area contributed by atoms with Crippen LogP contribution < -0.4 is 29.6 Å². The minimum Gasteiger partial charge on any atom is -1.00 e. The van der Waals surface area contributed by atoms with E-state index < -0.39 is 11.9 Å². The fraction of sp³-hybridized carbons (Fsp3) is 0.500. The molecule has 86 valence electrons. The molecule has 0 aromatic heterocycles. The Morgan fingerprint density at radius 1 is 1.19 bits per heavy atom. The van der Waals surface area contributed by atoms with E-state index in [0.29, 0.717) is 12.8 Å². The fourth-order valence-corrected chi connectivity index (χ4v) is 0.846. The molecule has 0 radical (unpaired) electrons. The molecule has 0 unspecified atom stereocenters. The summed E-state index contributed by atoms with van der Waals surface area (Å²) in [5, 5.41) is 0. The Morgan fingerprint density at radius 2 is 1.69 bits per heavy atom. The molecule has 0 aliphatic rings. The number of ether oxygens (including phenoxy) is 2. The standard InChI is InChI=1S/C10H14O5.Na.H/c1-3-8(11)15-10(13)7-5-4-6-9(12)14-2;;/h3H,1,4-7H2,2H3;;/q;+1;-1. The van der Waals surface area contributed by atoms with E-state index in [-0.39, 0.29) is 49.8 Å². The van der Waals surface area contributed by atoms with Crippen LogP contribution in [-0.4, -0.2) is 25.0 Å². The van der Waals surface area contributed by atoms with E-state index >= 15 is 0 Å². The van der Waals surface area contributed by atoms with Crippen molar-refractivity contribution in [1.29, 1.82) is 0 Å². The Morgan fingerprint density at radius 3 is 2.12 bits per heavy atom. The molecule has 0 aromatic rings. The third-order valence-corrected chi connectivity index (χ3v) is 1.62. The van der Waals surface area contributed by atoms with Crippen LogP contribution in [0.1, 0.15) is 27.1 Å². The molecule has 0 rings (SSSR count). The first kappa shape index (κ1) is 17.7. The molecule has 0 heterocycles. The van der Waals surface area contributed by atoms with Crippen LogP contribution in [0.4, 0.5) is 0 Å². The van der Waals surface area contributed by atoms with E-state index in [1.165, 1.54) is 7.11 Å². The molecule has 6 heteroatoms. The van der Waals surface area contributed by atoms with Gasteiger partial charge in [-0.15, -0.1) is 0 Å². The van der Waals surface area contributed by atoms with Crippen molar-refractivity contribution in [3.63, 3.8) is 0 Å². The quantitative estimate of drug-likeness (QED) is 0.178. The summed E-state index contributed by atoms with van der Waals surface area (Å²) in [5.74, 6) is -1.68. The molecule has 0 aromatic carbocycles. The van der Waals surface area contributed by atoms with Crippen LogP contribution in [0.3, 0.4) is 0 Å². The molecule has 0 atom stereocenters. The van der Waals surface area contributed by atoms with Gasteiger partial charge < -0.3 is 10.9 Å². The topological polar surface area (TPSA) is 69.7 Å². The van der Waals surface area contributed by atoms with E-state index in [9.17, 15) is 14.4 Å². The number of hydrogen-bond acceptors (Lipinski definition) is 5. The zero-order valence-electron chi connectivity index (χ0n) is 10.7. The van der Waals surface area contributed by atoms with Crippen molar-refractivity contribution in [1.82, 2.24) is 0 Å². The van der Waals surface area contributed by atoms with Gasteiger partial charge in [0, 0.05) is 18.9 Å². The number of carbonyl (C=O) groups is 3. The maximum Gasteiger partial charge on any atom is 1.00 e. The first-order valence-corrected chi connectivity index (χ1v) is 4.54. The molecule has 0 saturated carbocycles. The molecule has 16 heavy (non-hydrogen) atoms. The zero-order chi connectivity index (χ0) is 11.7. The van der Waals surface area contributed by atoms with Crippen molar-refractivity contribution in [2.45, 2.75) is 25.7 Å². The SMILES string of the molecule is C=CC(=O)OC(=O)CCCCC(=O)OC.[H-].[Na+]. The normalized spacial score (nSPS) is 8.56. The smallest absolute Gasteiger partial charge is 1.00 e. The van der Waals surface area contributed by atoms with Crippen LogP contribution in [-0.2, 0) is 23.9 Å². The van der Waals surface area contributed by atoms with Crippen molar-refractivity contribution in [3.05, 3.63) is 12.7 Å². The molecule has 0 spiro atoms. The maximum atomic E-state index is 10.9. The molecule has 0 fully saturated rings. The van der Waals surface area contributed by atoms with E-state index in [0.717, 1.165) is 6.08 Å². The first-order chi connectivity index (χ1) is 7.10. The van der Waals surface area contributed by atoms with Gasteiger partial charge in [-0.05, 0) is 12.8 Å². The van der Waals surface area contributed by atoms with Crippen LogP contribution in [0.15, 0.2) is 12.7 Å². The van der Waals surface area contributed by atoms with Crippen LogP contribution in [0.5, 0.6) is 0 Å². The van der Waals surface area contributed by atoms with Crippen LogP contribution in [0.2, 0.25) is 0 Å². The molecular formula is C10H15NaO5. The number of carbonyl (C=O) groups excluding carboxylic acids is 3. The van der Waals surface area contributed by atoms with Crippen molar-refractivity contribution in [3.8, 4) is 0 Å². The van der Waals surface area contributed by atoms with Gasteiger partial charge in [-0.3, -0.25) is 9.59 Å². The average molecular weight is 238 g/mol. The van der Waals surface area contributed by atoms with Gasteiger partial charge >= 0.3 is 47.5 Å². The molecule has 0 bridgehead atoms. The summed E-state index contributed by atoms with van der Waals surface area (Å²) in [6, 6.07) is 0. The predicted octanol–water partition coefficient (Wildman–Crippen LogP) is -1.91. The Labute approximate surface area is 118 Å². The summed E-state index contributed by atoms with van der Waals surface area (Å²) in [6.45, 7) is 3.16.